The molecule has 0 saturated carbocycles. The minimum atomic E-state index is 0. The molecule has 0 rings (SSSR count). The second-order valence-corrected chi connectivity index (χ2v) is 3.52. The Morgan fingerprint density at radius 3 is 1.67 bits per heavy atom. The summed E-state index contributed by atoms with van der Waals surface area (Å²) in [5, 5.41) is 1.49. The molecule has 0 bridgehead atoms. The van der Waals surface area contributed by atoms with Crippen LogP contribution in [0.4, 0.5) is 0 Å². The molecule has 0 aliphatic heterocycles. The fourth-order valence-corrected chi connectivity index (χ4v) is 0. The first-order chi connectivity index (χ1) is 2.27. The van der Waals surface area contributed by atoms with Crippen LogP contribution < -0.4 is 0 Å². The Kier molecular flexibility index (Phi) is 10.3. The maximum absolute atomic E-state index is 2.27. The molecule has 0 aromatic carbocycles. The van der Waals surface area contributed by atoms with Crippen LogP contribution in [0.15, 0.2) is 0 Å². The summed E-state index contributed by atoms with van der Waals surface area (Å²) in [5.41, 5.74) is 0. The van der Waals surface area contributed by atoms with Gasteiger partial charge in [-0.1, -0.05) is 0 Å². The standard InChI is InChI=1S/C4H12Ge.GeH4/c1-4(2)3-5;/h4H,3H2,1-2,5H3;1H4. The monoisotopic (exact) mass is 212 g/mol. The van der Waals surface area contributed by atoms with E-state index in [4.69, 9.17) is 0 Å². The van der Waals surface area contributed by atoms with Crippen molar-refractivity contribution < 1.29 is 0 Å². The Bertz CT molecular complexity index is 19.5. The topological polar surface area (TPSA) is 0 Å². The van der Waals surface area contributed by atoms with Crippen LogP contribution in [0.5, 0.6) is 0 Å². The molecule has 0 aromatic rings. The van der Waals surface area contributed by atoms with Crippen molar-refractivity contribution in [1.29, 1.82) is 0 Å². The van der Waals surface area contributed by atoms with Crippen molar-refractivity contribution in [3.63, 3.8) is 0 Å². The molecule has 0 fully saturated rings. The maximum atomic E-state index is 2.27. The molecule has 0 nitrogen and oxygen atoms in total. The fraction of sp³-hybridized carbons (Fsp3) is 1.00. The third kappa shape index (κ3) is 8.92. The molecule has 0 N–H and O–H groups in total. The van der Waals surface area contributed by atoms with E-state index in [1.807, 2.05) is 0 Å². The van der Waals surface area contributed by atoms with E-state index in [-0.39, 0.29) is 17.6 Å². The van der Waals surface area contributed by atoms with Crippen molar-refractivity contribution in [3.8, 4) is 0 Å². The van der Waals surface area contributed by atoms with Crippen LogP contribution in [-0.2, 0) is 0 Å². The van der Waals surface area contributed by atoms with E-state index in [2.05, 4.69) is 13.8 Å². The van der Waals surface area contributed by atoms with E-state index in [9.17, 15) is 0 Å². The second-order valence-electron chi connectivity index (χ2n) is 1.80. The van der Waals surface area contributed by atoms with E-state index < -0.39 is 0 Å². The molecular weight excluding hydrogens is 193 g/mol. The third-order valence-electron chi connectivity index (χ3n) is 0.816. The summed E-state index contributed by atoms with van der Waals surface area (Å²) < 4.78 is 0. The fourth-order valence-electron chi connectivity index (χ4n) is 0. The zero-order valence-electron chi connectivity index (χ0n) is 4.28. The Morgan fingerprint density at radius 2 is 1.67 bits per heavy atom. The Hall–Kier alpha value is 1.09. The summed E-state index contributed by atoms with van der Waals surface area (Å²) in [7, 11) is 0. The van der Waals surface area contributed by atoms with Crippen LogP contribution in [0.2, 0.25) is 5.25 Å². The predicted octanol–water partition coefficient (Wildman–Crippen LogP) is -1.03. The van der Waals surface area contributed by atoms with Crippen LogP contribution in [0, 0.1) is 5.92 Å². The molecule has 0 saturated heterocycles. The molecule has 0 unspecified atom stereocenters. The van der Waals surface area contributed by atoms with Gasteiger partial charge in [-0.05, 0) is 0 Å². The number of hydrogen-bond donors (Lipinski definition) is 0. The third-order valence-corrected chi connectivity index (χ3v) is 4.24. The van der Waals surface area contributed by atoms with Crippen molar-refractivity contribution in [2.75, 3.05) is 0 Å². The molecule has 0 aliphatic rings. The molecule has 0 amide bonds. The van der Waals surface area contributed by atoms with E-state index in [1.54, 1.807) is 0 Å². The summed E-state index contributed by atoms with van der Waals surface area (Å²) in [6.45, 7) is 4.54. The normalized spacial score (nSPS) is 8.50. The van der Waals surface area contributed by atoms with Crippen molar-refractivity contribution >= 4 is 34.1 Å². The van der Waals surface area contributed by atoms with Crippen molar-refractivity contribution in [2.45, 2.75) is 19.1 Å². The SMILES string of the molecule is CC(C)[CH2][GeH3].[GeH4]. The van der Waals surface area contributed by atoms with Crippen molar-refractivity contribution in [2.24, 2.45) is 5.92 Å². The molecule has 0 heterocycles. The molecule has 0 aromatic heterocycles. The average molecular weight is 209 g/mol. The van der Waals surface area contributed by atoms with Gasteiger partial charge in [0.1, 0.15) is 0 Å². The number of rotatable bonds is 1. The van der Waals surface area contributed by atoms with Crippen LogP contribution in [0.25, 0.3) is 0 Å². The van der Waals surface area contributed by atoms with Crippen molar-refractivity contribution in [3.05, 3.63) is 0 Å². The quantitative estimate of drug-likeness (QED) is 0.485. The summed E-state index contributed by atoms with van der Waals surface area (Å²) in [6, 6.07) is 0. The van der Waals surface area contributed by atoms with Gasteiger partial charge in [0.25, 0.3) is 0 Å². The van der Waals surface area contributed by atoms with Gasteiger partial charge in [-0.2, -0.15) is 0 Å². The van der Waals surface area contributed by atoms with Gasteiger partial charge < -0.3 is 0 Å². The zero-order valence-corrected chi connectivity index (χ0v) is 8.48. The second kappa shape index (κ2) is 6.09. The summed E-state index contributed by atoms with van der Waals surface area (Å²) in [5.74, 6) is 0.968. The molecule has 0 atom stereocenters. The van der Waals surface area contributed by atoms with Crippen LogP contribution >= 0.6 is 0 Å². The molecule has 0 aliphatic carbocycles. The van der Waals surface area contributed by atoms with E-state index in [0.29, 0.717) is 0 Å². The van der Waals surface area contributed by atoms with Gasteiger partial charge in [0.15, 0.2) is 0 Å². The first-order valence-corrected chi connectivity index (χ1v) is 5.24. The zero-order chi connectivity index (χ0) is 4.28. The number of hydrogen-bond acceptors (Lipinski definition) is 0. The first-order valence-electron chi connectivity index (χ1n) is 2.27. The van der Waals surface area contributed by atoms with Crippen molar-refractivity contribution in [1.82, 2.24) is 0 Å². The van der Waals surface area contributed by atoms with Gasteiger partial charge in [0.05, 0.1) is 0 Å². The Balaban J connectivity index is 0. The van der Waals surface area contributed by atoms with Gasteiger partial charge in [0, 0.05) is 0 Å². The molecule has 2 heteroatoms. The predicted molar refractivity (Wildman–Crippen MR) is 40.9 cm³/mol. The van der Waals surface area contributed by atoms with Gasteiger partial charge in [-0.3, -0.25) is 0 Å². The molecule has 40 valence electrons. The van der Waals surface area contributed by atoms with Gasteiger partial charge >= 0.3 is 59.1 Å². The minimum absolute atomic E-state index is 0. The van der Waals surface area contributed by atoms with Gasteiger partial charge in [-0.15, -0.1) is 0 Å². The van der Waals surface area contributed by atoms with E-state index in [0.717, 1.165) is 22.4 Å². The summed E-state index contributed by atoms with van der Waals surface area (Å²) in [6.07, 6.45) is 0. The van der Waals surface area contributed by atoms with Crippen LogP contribution in [0.1, 0.15) is 13.8 Å². The van der Waals surface area contributed by atoms with Gasteiger partial charge in [-0.25, -0.2) is 0 Å². The average Bonchev–Trinajstić information content (AvgIpc) is 1.38. The Labute approximate surface area is 59.3 Å². The molecule has 0 spiro atoms. The Morgan fingerprint density at radius 1 is 1.50 bits per heavy atom. The molecular formula is C4H16Ge2. The van der Waals surface area contributed by atoms with E-state index >= 15 is 0 Å². The summed E-state index contributed by atoms with van der Waals surface area (Å²) >= 11 is 1.08. The summed E-state index contributed by atoms with van der Waals surface area (Å²) in [4.78, 5) is 0. The molecule has 0 radical (unpaired) electrons. The molecule has 6 heavy (non-hydrogen) atoms. The van der Waals surface area contributed by atoms with E-state index in [1.165, 1.54) is 5.25 Å². The van der Waals surface area contributed by atoms with Crippen LogP contribution in [0.3, 0.4) is 0 Å². The van der Waals surface area contributed by atoms with Gasteiger partial charge in [0.2, 0.25) is 0 Å². The first kappa shape index (κ1) is 10.1. The van der Waals surface area contributed by atoms with Crippen LogP contribution in [-0.4, -0.2) is 34.1 Å².